The minimum Gasteiger partial charge on any atom is -0.386 e. The summed E-state index contributed by atoms with van der Waals surface area (Å²) in [5.74, 6) is -0.653. The molecule has 4 nitrogen and oxygen atoms in total. The molecular formula is C17H20FN3O. The third-order valence-electron chi connectivity index (χ3n) is 3.75. The van der Waals surface area contributed by atoms with Crippen molar-refractivity contribution in [1.29, 1.82) is 5.26 Å². The van der Waals surface area contributed by atoms with Crippen molar-refractivity contribution >= 4 is 5.91 Å². The summed E-state index contributed by atoms with van der Waals surface area (Å²) in [6.45, 7) is 0.361. The van der Waals surface area contributed by atoms with Crippen LogP contribution in [0.25, 0.3) is 0 Å². The maximum absolute atomic E-state index is 13.0. The lowest BCUT2D eigenvalue weighted by Gasteiger charge is -2.22. The van der Waals surface area contributed by atoms with Gasteiger partial charge in [0.25, 0.3) is 5.91 Å². The Hall–Kier alpha value is -2.35. The van der Waals surface area contributed by atoms with Crippen LogP contribution >= 0.6 is 0 Å². The standard InChI is InChI=1S/C17H20FN3O/c18-15-6-4-5-13(9-15)11-20-12-14(10-19)17(22)21-16-7-2-1-3-8-16/h4-6,9,12,16,20H,1-3,7-8,11H2,(H,21,22)/b14-12-. The van der Waals surface area contributed by atoms with Gasteiger partial charge in [-0.15, -0.1) is 0 Å². The van der Waals surface area contributed by atoms with Crippen molar-refractivity contribution in [2.45, 2.75) is 44.7 Å². The molecular weight excluding hydrogens is 281 g/mol. The first-order valence-electron chi connectivity index (χ1n) is 7.58. The molecule has 1 aromatic carbocycles. The molecule has 2 rings (SSSR count). The Morgan fingerprint density at radius 2 is 2.14 bits per heavy atom. The molecule has 1 saturated carbocycles. The van der Waals surface area contributed by atoms with Crippen LogP contribution in [-0.4, -0.2) is 11.9 Å². The van der Waals surface area contributed by atoms with Crippen molar-refractivity contribution < 1.29 is 9.18 Å². The lowest BCUT2D eigenvalue weighted by molar-refractivity contribution is -0.118. The summed E-state index contributed by atoms with van der Waals surface area (Å²) >= 11 is 0. The fourth-order valence-electron chi connectivity index (χ4n) is 2.58. The second-order valence-electron chi connectivity index (χ2n) is 5.49. The SMILES string of the molecule is N#C/C(=C/NCc1cccc(F)c1)C(=O)NC1CCCCC1. The Kier molecular flexibility index (Phi) is 5.96. The number of carbonyl (C=O) groups excluding carboxylic acids is 1. The van der Waals surface area contributed by atoms with Gasteiger partial charge in [-0.05, 0) is 30.5 Å². The normalized spacial score (nSPS) is 15.9. The zero-order chi connectivity index (χ0) is 15.8. The van der Waals surface area contributed by atoms with Crippen LogP contribution < -0.4 is 10.6 Å². The predicted molar refractivity (Wildman–Crippen MR) is 82.0 cm³/mol. The molecule has 0 atom stereocenters. The fraction of sp³-hybridized carbons (Fsp3) is 0.412. The molecule has 1 fully saturated rings. The molecule has 0 bridgehead atoms. The molecule has 116 valence electrons. The largest absolute Gasteiger partial charge is 0.386 e. The highest BCUT2D eigenvalue weighted by Crippen LogP contribution is 2.17. The van der Waals surface area contributed by atoms with Gasteiger partial charge in [-0.1, -0.05) is 31.4 Å². The first kappa shape index (κ1) is 16.0. The van der Waals surface area contributed by atoms with Crippen molar-refractivity contribution in [2.75, 3.05) is 0 Å². The average Bonchev–Trinajstić information content (AvgIpc) is 2.52. The van der Waals surface area contributed by atoms with Gasteiger partial charge in [0.2, 0.25) is 0 Å². The third-order valence-corrected chi connectivity index (χ3v) is 3.75. The van der Waals surface area contributed by atoms with Crippen LogP contribution in [0.1, 0.15) is 37.7 Å². The van der Waals surface area contributed by atoms with Crippen LogP contribution in [0.3, 0.4) is 0 Å². The van der Waals surface area contributed by atoms with Crippen LogP contribution in [0.15, 0.2) is 36.0 Å². The molecule has 2 N–H and O–H groups in total. The number of amides is 1. The van der Waals surface area contributed by atoms with Crippen LogP contribution in [0, 0.1) is 17.1 Å². The van der Waals surface area contributed by atoms with E-state index in [1.807, 2.05) is 6.07 Å². The Bertz CT molecular complexity index is 586. The second-order valence-corrected chi connectivity index (χ2v) is 5.49. The molecule has 0 heterocycles. The molecule has 0 aliphatic heterocycles. The Labute approximate surface area is 130 Å². The maximum atomic E-state index is 13.0. The number of hydrogen-bond donors (Lipinski definition) is 2. The number of carbonyl (C=O) groups is 1. The zero-order valence-electron chi connectivity index (χ0n) is 12.4. The number of nitrogens with zero attached hydrogens (tertiary/aromatic N) is 1. The Balaban J connectivity index is 1.87. The first-order chi connectivity index (χ1) is 10.7. The summed E-state index contributed by atoms with van der Waals surface area (Å²) in [7, 11) is 0. The molecule has 22 heavy (non-hydrogen) atoms. The maximum Gasteiger partial charge on any atom is 0.263 e. The van der Waals surface area contributed by atoms with Crippen LogP contribution in [0.2, 0.25) is 0 Å². The van der Waals surface area contributed by atoms with Gasteiger partial charge >= 0.3 is 0 Å². The molecule has 0 unspecified atom stereocenters. The first-order valence-corrected chi connectivity index (χ1v) is 7.58. The summed E-state index contributed by atoms with van der Waals surface area (Å²) in [6.07, 6.45) is 6.79. The summed E-state index contributed by atoms with van der Waals surface area (Å²) in [5, 5.41) is 14.9. The van der Waals surface area contributed by atoms with Gasteiger partial charge in [0, 0.05) is 18.8 Å². The molecule has 1 aliphatic rings. The Morgan fingerprint density at radius 3 is 2.82 bits per heavy atom. The number of hydrogen-bond acceptors (Lipinski definition) is 3. The number of nitrogens with one attached hydrogen (secondary N) is 2. The van der Waals surface area contributed by atoms with Gasteiger partial charge in [-0.3, -0.25) is 4.79 Å². The number of benzene rings is 1. The van der Waals surface area contributed by atoms with E-state index in [9.17, 15) is 9.18 Å². The van der Waals surface area contributed by atoms with E-state index in [0.717, 1.165) is 31.2 Å². The van der Waals surface area contributed by atoms with Gasteiger partial charge in [0.15, 0.2) is 0 Å². The smallest absolute Gasteiger partial charge is 0.263 e. The molecule has 1 aliphatic carbocycles. The molecule has 1 amide bonds. The van der Waals surface area contributed by atoms with E-state index in [1.165, 1.54) is 24.8 Å². The molecule has 5 heteroatoms. The van der Waals surface area contributed by atoms with Crippen molar-refractivity contribution in [3.8, 4) is 6.07 Å². The minimum absolute atomic E-state index is 0.0435. The Morgan fingerprint density at radius 1 is 1.36 bits per heavy atom. The molecule has 0 aromatic heterocycles. The quantitative estimate of drug-likeness (QED) is 0.649. The third kappa shape index (κ3) is 4.88. The fourth-order valence-corrected chi connectivity index (χ4v) is 2.58. The molecule has 0 radical (unpaired) electrons. The summed E-state index contributed by atoms with van der Waals surface area (Å²) < 4.78 is 13.0. The lowest BCUT2D eigenvalue weighted by Crippen LogP contribution is -2.37. The highest BCUT2D eigenvalue weighted by molar-refractivity contribution is 5.97. The zero-order valence-corrected chi connectivity index (χ0v) is 12.4. The van der Waals surface area contributed by atoms with Gasteiger partial charge in [-0.25, -0.2) is 4.39 Å². The minimum atomic E-state index is -0.346. The van der Waals surface area contributed by atoms with Crippen molar-refractivity contribution in [1.82, 2.24) is 10.6 Å². The van der Waals surface area contributed by atoms with Crippen molar-refractivity contribution in [3.63, 3.8) is 0 Å². The topological polar surface area (TPSA) is 64.9 Å². The van der Waals surface area contributed by atoms with E-state index in [2.05, 4.69) is 10.6 Å². The summed E-state index contributed by atoms with van der Waals surface area (Å²) in [6, 6.07) is 8.25. The monoisotopic (exact) mass is 301 g/mol. The van der Waals surface area contributed by atoms with Crippen molar-refractivity contribution in [2.24, 2.45) is 0 Å². The number of nitriles is 1. The van der Waals surface area contributed by atoms with E-state index in [-0.39, 0.29) is 23.3 Å². The second kappa shape index (κ2) is 8.18. The average molecular weight is 301 g/mol. The number of halogens is 1. The highest BCUT2D eigenvalue weighted by atomic mass is 19.1. The van der Waals surface area contributed by atoms with E-state index in [1.54, 1.807) is 12.1 Å². The van der Waals surface area contributed by atoms with Gasteiger partial charge in [-0.2, -0.15) is 5.26 Å². The molecule has 1 aromatic rings. The van der Waals surface area contributed by atoms with Gasteiger partial charge in [0.1, 0.15) is 17.5 Å². The highest BCUT2D eigenvalue weighted by Gasteiger charge is 2.17. The summed E-state index contributed by atoms with van der Waals surface area (Å²) in [5.41, 5.74) is 0.795. The lowest BCUT2D eigenvalue weighted by atomic mass is 9.95. The van der Waals surface area contributed by atoms with E-state index in [0.29, 0.717) is 6.54 Å². The predicted octanol–water partition coefficient (Wildman–Crippen LogP) is 2.77. The van der Waals surface area contributed by atoms with E-state index < -0.39 is 0 Å². The summed E-state index contributed by atoms with van der Waals surface area (Å²) in [4.78, 5) is 12.0. The molecule has 0 saturated heterocycles. The van der Waals surface area contributed by atoms with Crippen LogP contribution in [-0.2, 0) is 11.3 Å². The van der Waals surface area contributed by atoms with Gasteiger partial charge in [0.05, 0.1) is 0 Å². The van der Waals surface area contributed by atoms with Crippen LogP contribution in [0.5, 0.6) is 0 Å². The van der Waals surface area contributed by atoms with E-state index >= 15 is 0 Å². The molecule has 0 spiro atoms. The number of rotatable bonds is 5. The van der Waals surface area contributed by atoms with Gasteiger partial charge < -0.3 is 10.6 Å². The van der Waals surface area contributed by atoms with Crippen molar-refractivity contribution in [3.05, 3.63) is 47.4 Å². The van der Waals surface area contributed by atoms with E-state index in [4.69, 9.17) is 5.26 Å². The van der Waals surface area contributed by atoms with Crippen LogP contribution in [0.4, 0.5) is 4.39 Å².